The fourth-order valence-corrected chi connectivity index (χ4v) is 2.25. The van der Waals surface area contributed by atoms with E-state index in [2.05, 4.69) is 29.7 Å². The highest BCUT2D eigenvalue weighted by molar-refractivity contribution is 5.58. The topological polar surface area (TPSA) is 47.9 Å². The van der Waals surface area contributed by atoms with E-state index in [4.69, 9.17) is 5.26 Å². The molecule has 1 heterocycles. The zero-order valence-corrected chi connectivity index (χ0v) is 10.3. The Labute approximate surface area is 103 Å². The summed E-state index contributed by atoms with van der Waals surface area (Å²) in [6.07, 6.45) is 2.53. The molecule has 1 aromatic rings. The number of aryl methyl sites for hydroxylation is 1. The van der Waals surface area contributed by atoms with E-state index < -0.39 is 0 Å². The fraction of sp³-hybridized carbons (Fsp3) is 0.500. The van der Waals surface area contributed by atoms with Gasteiger partial charge in [-0.2, -0.15) is 5.26 Å². The molecule has 1 aromatic carbocycles. The second-order valence-electron chi connectivity index (χ2n) is 4.75. The molecule has 1 aliphatic rings. The van der Waals surface area contributed by atoms with E-state index in [1.54, 1.807) is 0 Å². The minimum Gasteiger partial charge on any atom is -0.384 e. The SMILES string of the molecule is Cc1ccc(C#N)c(NCC2CCCNC2)c1. The van der Waals surface area contributed by atoms with Gasteiger partial charge in [-0.3, -0.25) is 0 Å². The molecule has 0 radical (unpaired) electrons. The molecule has 0 spiro atoms. The number of anilines is 1. The molecule has 1 fully saturated rings. The normalized spacial score (nSPS) is 19.6. The fourth-order valence-electron chi connectivity index (χ4n) is 2.25. The highest BCUT2D eigenvalue weighted by Crippen LogP contribution is 2.18. The Morgan fingerprint density at radius 3 is 3.12 bits per heavy atom. The molecule has 0 bridgehead atoms. The molecule has 0 amide bonds. The predicted molar refractivity (Wildman–Crippen MR) is 70.0 cm³/mol. The first-order valence-corrected chi connectivity index (χ1v) is 6.25. The van der Waals surface area contributed by atoms with Crippen LogP contribution in [0.3, 0.4) is 0 Å². The Morgan fingerprint density at radius 2 is 2.41 bits per heavy atom. The smallest absolute Gasteiger partial charge is 0.101 e. The minimum atomic E-state index is 0.677. The van der Waals surface area contributed by atoms with E-state index in [9.17, 15) is 0 Å². The molecule has 17 heavy (non-hydrogen) atoms. The van der Waals surface area contributed by atoms with Gasteiger partial charge in [0, 0.05) is 6.54 Å². The first-order valence-electron chi connectivity index (χ1n) is 6.25. The molecule has 3 nitrogen and oxygen atoms in total. The predicted octanol–water partition coefficient (Wildman–Crippen LogP) is 2.28. The van der Waals surface area contributed by atoms with Crippen molar-refractivity contribution in [3.63, 3.8) is 0 Å². The van der Waals surface area contributed by atoms with Gasteiger partial charge in [0.15, 0.2) is 0 Å². The van der Waals surface area contributed by atoms with E-state index in [1.807, 2.05) is 12.1 Å². The van der Waals surface area contributed by atoms with E-state index in [0.29, 0.717) is 5.92 Å². The molecule has 2 rings (SSSR count). The van der Waals surface area contributed by atoms with E-state index >= 15 is 0 Å². The molecule has 0 aromatic heterocycles. The van der Waals surface area contributed by atoms with E-state index in [-0.39, 0.29) is 0 Å². The average Bonchev–Trinajstić information content (AvgIpc) is 2.38. The lowest BCUT2D eigenvalue weighted by molar-refractivity contribution is 0.393. The summed E-state index contributed by atoms with van der Waals surface area (Å²) >= 11 is 0. The molecule has 90 valence electrons. The van der Waals surface area contributed by atoms with Crippen LogP contribution in [0.4, 0.5) is 5.69 Å². The molecule has 1 atom stereocenters. The number of hydrogen-bond acceptors (Lipinski definition) is 3. The second-order valence-corrected chi connectivity index (χ2v) is 4.75. The van der Waals surface area contributed by atoms with Crippen molar-refractivity contribution in [1.29, 1.82) is 5.26 Å². The molecular formula is C14H19N3. The van der Waals surface area contributed by atoms with Gasteiger partial charge in [0.25, 0.3) is 0 Å². The third-order valence-electron chi connectivity index (χ3n) is 3.28. The molecule has 3 heteroatoms. The van der Waals surface area contributed by atoms with Crippen molar-refractivity contribution in [2.45, 2.75) is 19.8 Å². The van der Waals surface area contributed by atoms with Crippen molar-refractivity contribution in [1.82, 2.24) is 5.32 Å². The van der Waals surface area contributed by atoms with Crippen LogP contribution >= 0.6 is 0 Å². The Morgan fingerprint density at radius 1 is 1.53 bits per heavy atom. The van der Waals surface area contributed by atoms with Gasteiger partial charge < -0.3 is 10.6 Å². The van der Waals surface area contributed by atoms with Crippen LogP contribution in [-0.4, -0.2) is 19.6 Å². The van der Waals surface area contributed by atoms with Crippen molar-refractivity contribution >= 4 is 5.69 Å². The molecule has 1 saturated heterocycles. The zero-order chi connectivity index (χ0) is 12.1. The van der Waals surface area contributed by atoms with Gasteiger partial charge >= 0.3 is 0 Å². The summed E-state index contributed by atoms with van der Waals surface area (Å²) in [5, 5.41) is 15.9. The summed E-state index contributed by atoms with van der Waals surface area (Å²) in [6, 6.07) is 8.15. The van der Waals surface area contributed by atoms with Crippen LogP contribution in [0.1, 0.15) is 24.0 Å². The summed E-state index contributed by atoms with van der Waals surface area (Å²) in [7, 11) is 0. The first kappa shape index (κ1) is 11.9. The Kier molecular flexibility index (Phi) is 4.00. The average molecular weight is 229 g/mol. The van der Waals surface area contributed by atoms with Gasteiger partial charge in [0.2, 0.25) is 0 Å². The maximum absolute atomic E-state index is 9.04. The lowest BCUT2D eigenvalue weighted by Gasteiger charge is -2.23. The molecule has 0 saturated carbocycles. The minimum absolute atomic E-state index is 0.677. The highest BCUT2D eigenvalue weighted by Gasteiger charge is 2.13. The van der Waals surface area contributed by atoms with Crippen LogP contribution in [0.5, 0.6) is 0 Å². The Bertz CT molecular complexity index is 414. The third-order valence-corrected chi connectivity index (χ3v) is 3.28. The number of nitrogens with one attached hydrogen (secondary N) is 2. The van der Waals surface area contributed by atoms with Gasteiger partial charge in [0.05, 0.1) is 11.3 Å². The summed E-state index contributed by atoms with van der Waals surface area (Å²) < 4.78 is 0. The van der Waals surface area contributed by atoms with Crippen molar-refractivity contribution in [3.05, 3.63) is 29.3 Å². The van der Waals surface area contributed by atoms with E-state index in [0.717, 1.165) is 30.9 Å². The van der Waals surface area contributed by atoms with Crippen LogP contribution in [0, 0.1) is 24.2 Å². The Hall–Kier alpha value is -1.53. The zero-order valence-electron chi connectivity index (χ0n) is 10.3. The summed E-state index contributed by atoms with van der Waals surface area (Å²) in [6.45, 7) is 5.23. The number of rotatable bonds is 3. The van der Waals surface area contributed by atoms with Crippen molar-refractivity contribution in [2.24, 2.45) is 5.92 Å². The van der Waals surface area contributed by atoms with Crippen LogP contribution in [0.25, 0.3) is 0 Å². The quantitative estimate of drug-likeness (QED) is 0.836. The van der Waals surface area contributed by atoms with Crippen molar-refractivity contribution < 1.29 is 0 Å². The van der Waals surface area contributed by atoms with Crippen molar-refractivity contribution in [3.8, 4) is 6.07 Å². The lowest BCUT2D eigenvalue weighted by atomic mass is 9.99. The van der Waals surface area contributed by atoms with Gasteiger partial charge in [0.1, 0.15) is 6.07 Å². The van der Waals surface area contributed by atoms with Gasteiger partial charge in [-0.15, -0.1) is 0 Å². The number of hydrogen-bond donors (Lipinski definition) is 2. The monoisotopic (exact) mass is 229 g/mol. The maximum atomic E-state index is 9.04. The molecule has 0 aliphatic carbocycles. The van der Waals surface area contributed by atoms with Gasteiger partial charge in [-0.25, -0.2) is 0 Å². The van der Waals surface area contributed by atoms with E-state index in [1.165, 1.54) is 18.4 Å². The lowest BCUT2D eigenvalue weighted by Crippen LogP contribution is -2.33. The van der Waals surface area contributed by atoms with Crippen LogP contribution < -0.4 is 10.6 Å². The molecule has 2 N–H and O–H groups in total. The summed E-state index contributed by atoms with van der Waals surface area (Å²) in [5.74, 6) is 0.677. The molecule has 1 aliphatic heterocycles. The summed E-state index contributed by atoms with van der Waals surface area (Å²) in [5.41, 5.74) is 2.89. The standard InChI is InChI=1S/C14H19N3/c1-11-4-5-13(8-15)14(7-11)17-10-12-3-2-6-16-9-12/h4-5,7,12,16-17H,2-3,6,9-10H2,1H3. The summed E-state index contributed by atoms with van der Waals surface area (Å²) in [4.78, 5) is 0. The van der Waals surface area contributed by atoms with Crippen LogP contribution in [0.15, 0.2) is 18.2 Å². The molecule has 1 unspecified atom stereocenters. The Balaban J connectivity index is 1.98. The number of piperidine rings is 1. The van der Waals surface area contributed by atoms with Gasteiger partial charge in [-0.1, -0.05) is 6.07 Å². The maximum Gasteiger partial charge on any atom is 0.101 e. The van der Waals surface area contributed by atoms with Crippen molar-refractivity contribution in [2.75, 3.05) is 25.0 Å². The highest BCUT2D eigenvalue weighted by atomic mass is 14.9. The number of nitrogens with zero attached hydrogens (tertiary/aromatic N) is 1. The number of benzene rings is 1. The van der Waals surface area contributed by atoms with Crippen LogP contribution in [-0.2, 0) is 0 Å². The third kappa shape index (κ3) is 3.21. The first-order chi connectivity index (χ1) is 8.29. The van der Waals surface area contributed by atoms with Gasteiger partial charge in [-0.05, 0) is 56.5 Å². The number of nitriles is 1. The largest absolute Gasteiger partial charge is 0.384 e. The molecular weight excluding hydrogens is 210 g/mol. The second kappa shape index (κ2) is 5.70. The van der Waals surface area contributed by atoms with Crippen LogP contribution in [0.2, 0.25) is 0 Å².